The first kappa shape index (κ1) is 24.1. The molecule has 0 aromatic heterocycles. The second-order valence-electron chi connectivity index (χ2n) is 6.25. The molecule has 0 fully saturated rings. The van der Waals surface area contributed by atoms with Gasteiger partial charge >= 0.3 is 27.3 Å². The number of nitrogens with zero attached hydrogens (tertiary/aromatic N) is 1. The fraction of sp³-hybridized carbons (Fsp3) is 0.333. The van der Waals surface area contributed by atoms with Gasteiger partial charge in [0.2, 0.25) is 0 Å². The summed E-state index contributed by atoms with van der Waals surface area (Å²) in [7, 11) is -6.10. The van der Waals surface area contributed by atoms with E-state index in [4.69, 9.17) is 4.74 Å². The number of carbonyl (C=O) groups excluding carboxylic acids is 4. The van der Waals surface area contributed by atoms with E-state index in [9.17, 15) is 36.4 Å². The number of carbonyl (C=O) groups is 4. The van der Waals surface area contributed by atoms with Crippen LogP contribution in [-0.4, -0.2) is 55.7 Å². The molecular formula is C18H17F2NO9S. The molecule has 0 aliphatic carbocycles. The predicted octanol–water partition coefficient (Wildman–Crippen LogP) is 1.58. The third kappa shape index (κ3) is 5.11. The SMILES string of the molecule is C=C(C)C(=O)OCCCCOC(=O)C(F)(F)S(=O)(=O)ON1C(=O)c2ccccc2C1=O. The highest BCUT2D eigenvalue weighted by Crippen LogP contribution is 2.30. The van der Waals surface area contributed by atoms with Crippen molar-refractivity contribution in [1.29, 1.82) is 0 Å². The largest absolute Gasteiger partial charge is 0.467 e. The Labute approximate surface area is 175 Å². The number of unbranched alkanes of at least 4 members (excludes halogenated alkanes) is 1. The van der Waals surface area contributed by atoms with Gasteiger partial charge in [-0.05, 0) is 31.9 Å². The van der Waals surface area contributed by atoms with Crippen LogP contribution in [0.15, 0.2) is 36.4 Å². The third-order valence-corrected chi connectivity index (χ3v) is 4.97. The number of hydroxylamine groups is 2. The zero-order valence-electron chi connectivity index (χ0n) is 16.1. The minimum Gasteiger partial charge on any atom is -0.462 e. The van der Waals surface area contributed by atoms with Crippen molar-refractivity contribution in [3.63, 3.8) is 0 Å². The summed E-state index contributed by atoms with van der Waals surface area (Å²) in [6, 6.07) is 5.08. The van der Waals surface area contributed by atoms with Gasteiger partial charge in [-0.2, -0.15) is 17.2 Å². The zero-order chi connectivity index (χ0) is 23.4. The van der Waals surface area contributed by atoms with Crippen LogP contribution in [-0.2, 0) is 33.5 Å². The first-order valence-corrected chi connectivity index (χ1v) is 10.1. The molecule has 0 bridgehead atoms. The van der Waals surface area contributed by atoms with Gasteiger partial charge in [-0.1, -0.05) is 18.7 Å². The number of benzene rings is 1. The lowest BCUT2D eigenvalue weighted by Crippen LogP contribution is -2.45. The molecule has 0 N–H and O–H groups in total. The number of alkyl halides is 2. The minimum absolute atomic E-state index is 0.0232. The number of imide groups is 1. The molecule has 0 atom stereocenters. The fourth-order valence-electron chi connectivity index (χ4n) is 2.22. The van der Waals surface area contributed by atoms with Crippen molar-refractivity contribution in [2.24, 2.45) is 0 Å². The zero-order valence-corrected chi connectivity index (χ0v) is 16.9. The molecule has 1 aromatic rings. The van der Waals surface area contributed by atoms with Gasteiger partial charge in [-0.3, -0.25) is 9.59 Å². The van der Waals surface area contributed by atoms with Crippen molar-refractivity contribution >= 4 is 33.9 Å². The van der Waals surface area contributed by atoms with Gasteiger partial charge in [0.1, 0.15) is 0 Å². The number of hydrogen-bond donors (Lipinski definition) is 0. The van der Waals surface area contributed by atoms with E-state index in [0.717, 1.165) is 0 Å². The van der Waals surface area contributed by atoms with Gasteiger partial charge < -0.3 is 9.47 Å². The molecule has 31 heavy (non-hydrogen) atoms. The van der Waals surface area contributed by atoms with E-state index in [0.29, 0.717) is 0 Å². The highest BCUT2D eigenvalue weighted by molar-refractivity contribution is 7.88. The van der Waals surface area contributed by atoms with Crippen molar-refractivity contribution in [3.8, 4) is 0 Å². The molecule has 0 unspecified atom stereocenters. The molecule has 1 heterocycles. The Hall–Kier alpha value is -3.19. The molecule has 1 aliphatic heterocycles. The highest BCUT2D eigenvalue weighted by atomic mass is 32.2. The highest BCUT2D eigenvalue weighted by Gasteiger charge is 2.58. The Kier molecular flexibility index (Phi) is 7.23. The van der Waals surface area contributed by atoms with Crippen LogP contribution in [0.25, 0.3) is 0 Å². The first-order valence-electron chi connectivity index (χ1n) is 8.69. The van der Waals surface area contributed by atoms with E-state index in [2.05, 4.69) is 15.6 Å². The maximum atomic E-state index is 14.1. The lowest BCUT2D eigenvalue weighted by atomic mass is 10.1. The summed E-state index contributed by atoms with van der Waals surface area (Å²) in [6.07, 6.45) is 0.112. The molecule has 0 radical (unpaired) electrons. The Bertz CT molecular complexity index is 1000. The smallest absolute Gasteiger partial charge is 0.462 e. The second kappa shape index (κ2) is 9.31. The van der Waals surface area contributed by atoms with Crippen molar-refractivity contribution in [3.05, 3.63) is 47.5 Å². The van der Waals surface area contributed by atoms with Crippen LogP contribution in [0.3, 0.4) is 0 Å². The van der Waals surface area contributed by atoms with Gasteiger partial charge in [-0.25, -0.2) is 9.59 Å². The van der Waals surface area contributed by atoms with Gasteiger partial charge in [0.15, 0.2) is 0 Å². The minimum atomic E-state index is -6.10. The summed E-state index contributed by atoms with van der Waals surface area (Å²) in [5.74, 6) is -5.67. The molecule has 2 amide bonds. The van der Waals surface area contributed by atoms with Gasteiger partial charge in [-0.15, -0.1) is 9.35 Å². The monoisotopic (exact) mass is 461 g/mol. The first-order chi connectivity index (χ1) is 14.4. The molecule has 13 heteroatoms. The maximum absolute atomic E-state index is 14.1. The number of esters is 2. The predicted molar refractivity (Wildman–Crippen MR) is 97.9 cm³/mol. The molecule has 10 nitrogen and oxygen atoms in total. The number of rotatable bonds is 10. The molecule has 2 rings (SSSR count). The third-order valence-electron chi connectivity index (χ3n) is 3.83. The van der Waals surface area contributed by atoms with Gasteiger partial charge in [0.05, 0.1) is 24.3 Å². The average molecular weight is 461 g/mol. The van der Waals surface area contributed by atoms with E-state index >= 15 is 0 Å². The number of halogens is 2. The van der Waals surface area contributed by atoms with Crippen LogP contribution in [0.5, 0.6) is 0 Å². The fourth-order valence-corrected chi connectivity index (χ4v) is 2.91. The topological polar surface area (TPSA) is 133 Å². The number of hydrogen-bond acceptors (Lipinski definition) is 9. The molecule has 1 aliphatic rings. The van der Waals surface area contributed by atoms with E-state index in [1.807, 2.05) is 0 Å². The Morgan fingerprint density at radius 3 is 2.00 bits per heavy atom. The summed E-state index contributed by atoms with van der Waals surface area (Å²) in [4.78, 5) is 46.8. The summed E-state index contributed by atoms with van der Waals surface area (Å²) >= 11 is 0. The van der Waals surface area contributed by atoms with Crippen LogP contribution >= 0.6 is 0 Å². The standard InChI is InChI=1S/C18H17F2NO9S/c1-11(2)16(24)28-9-5-6-10-29-17(25)18(19,20)31(26,27)30-21-14(22)12-7-3-4-8-13(12)15(21)23/h3-4,7-8H,1,5-6,9-10H2,2H3. The van der Waals surface area contributed by atoms with Gasteiger partial charge in [0.25, 0.3) is 11.8 Å². The van der Waals surface area contributed by atoms with E-state index in [-0.39, 0.29) is 41.2 Å². The summed E-state index contributed by atoms with van der Waals surface area (Å²) in [5.41, 5.74) is -0.337. The maximum Gasteiger partial charge on any atom is 0.467 e. The van der Waals surface area contributed by atoms with Crippen LogP contribution in [0, 0.1) is 0 Å². The lowest BCUT2D eigenvalue weighted by Gasteiger charge is -2.18. The van der Waals surface area contributed by atoms with Crippen molar-refractivity contribution in [2.45, 2.75) is 25.0 Å². The molecule has 0 saturated heterocycles. The lowest BCUT2D eigenvalue weighted by molar-refractivity contribution is -0.162. The number of fused-ring (bicyclic) bond motifs is 1. The van der Waals surface area contributed by atoms with Crippen LogP contribution in [0.4, 0.5) is 8.78 Å². The Morgan fingerprint density at radius 1 is 1.03 bits per heavy atom. The van der Waals surface area contributed by atoms with Gasteiger partial charge in [0, 0.05) is 5.57 Å². The second-order valence-corrected chi connectivity index (χ2v) is 7.83. The molecule has 1 aromatic carbocycles. The van der Waals surface area contributed by atoms with E-state index < -0.39 is 45.7 Å². The van der Waals surface area contributed by atoms with Crippen molar-refractivity contribution < 1.29 is 50.1 Å². The number of ether oxygens (including phenoxy) is 2. The summed E-state index contributed by atoms with van der Waals surface area (Å²) in [6.45, 7) is 4.08. The normalized spacial score (nSPS) is 13.7. The quantitative estimate of drug-likeness (QED) is 0.220. The molecule has 168 valence electrons. The Balaban J connectivity index is 1.92. The van der Waals surface area contributed by atoms with Crippen molar-refractivity contribution in [1.82, 2.24) is 5.06 Å². The number of amides is 2. The van der Waals surface area contributed by atoms with Crippen LogP contribution < -0.4 is 0 Å². The van der Waals surface area contributed by atoms with Crippen LogP contribution in [0.1, 0.15) is 40.5 Å². The summed E-state index contributed by atoms with van der Waals surface area (Å²) in [5, 5.41) is -5.56. The molecule has 0 spiro atoms. The van der Waals surface area contributed by atoms with E-state index in [1.165, 1.54) is 31.2 Å². The van der Waals surface area contributed by atoms with Crippen molar-refractivity contribution in [2.75, 3.05) is 13.2 Å². The summed E-state index contributed by atoms with van der Waals surface area (Å²) < 4.78 is 64.9. The van der Waals surface area contributed by atoms with Crippen LogP contribution in [0.2, 0.25) is 0 Å². The molecule has 0 saturated carbocycles. The average Bonchev–Trinajstić information content (AvgIpc) is 2.94. The van der Waals surface area contributed by atoms with E-state index in [1.54, 1.807) is 0 Å². The Morgan fingerprint density at radius 2 is 1.52 bits per heavy atom. The molecular weight excluding hydrogens is 444 g/mol.